The van der Waals surface area contributed by atoms with Crippen LogP contribution in [0.3, 0.4) is 0 Å². The van der Waals surface area contributed by atoms with Crippen LogP contribution >= 0.6 is 0 Å². The fraction of sp³-hybridized carbons (Fsp3) is 0.261. The van der Waals surface area contributed by atoms with Gasteiger partial charge in [-0.25, -0.2) is 4.39 Å². The Bertz CT molecular complexity index is 1030. The maximum absolute atomic E-state index is 13.4. The molecule has 0 aliphatic heterocycles. The van der Waals surface area contributed by atoms with Crippen LogP contribution in [-0.4, -0.2) is 23.0 Å². The molecule has 0 saturated carbocycles. The van der Waals surface area contributed by atoms with Crippen molar-refractivity contribution in [1.82, 2.24) is 10.3 Å². The van der Waals surface area contributed by atoms with Crippen molar-refractivity contribution in [2.75, 3.05) is 0 Å². The number of amides is 1. The molecule has 0 saturated heterocycles. The molecule has 1 amide bonds. The molecule has 3 aromatic rings. The summed E-state index contributed by atoms with van der Waals surface area (Å²) < 4.78 is 18.7. The van der Waals surface area contributed by atoms with Crippen LogP contribution in [0.4, 0.5) is 4.39 Å². The minimum Gasteiger partial charge on any atom is -0.463 e. The van der Waals surface area contributed by atoms with Crippen molar-refractivity contribution in [3.8, 4) is 0 Å². The lowest BCUT2D eigenvalue weighted by molar-refractivity contribution is -0.147. The van der Waals surface area contributed by atoms with E-state index in [9.17, 15) is 14.0 Å². The van der Waals surface area contributed by atoms with Crippen molar-refractivity contribution >= 4 is 22.8 Å². The molecule has 6 heteroatoms. The van der Waals surface area contributed by atoms with Crippen LogP contribution in [-0.2, 0) is 9.53 Å². The lowest BCUT2D eigenvalue weighted by Gasteiger charge is -2.20. The third kappa shape index (κ3) is 5.16. The van der Waals surface area contributed by atoms with E-state index in [4.69, 9.17) is 4.74 Å². The van der Waals surface area contributed by atoms with Crippen molar-refractivity contribution in [3.63, 3.8) is 0 Å². The van der Waals surface area contributed by atoms with Gasteiger partial charge in [0, 0.05) is 11.5 Å². The van der Waals surface area contributed by atoms with Gasteiger partial charge in [-0.3, -0.25) is 14.6 Å². The van der Waals surface area contributed by atoms with Crippen LogP contribution in [0.15, 0.2) is 54.6 Å². The van der Waals surface area contributed by atoms with Gasteiger partial charge in [-0.15, -0.1) is 0 Å². The predicted octanol–water partition coefficient (Wildman–Crippen LogP) is 4.50. The number of nitrogens with one attached hydrogen (secondary N) is 1. The molecule has 1 N–H and O–H groups in total. The number of hydrogen-bond donors (Lipinski definition) is 1. The van der Waals surface area contributed by atoms with Gasteiger partial charge in [0.1, 0.15) is 5.82 Å². The van der Waals surface area contributed by atoms with Crippen molar-refractivity contribution < 1.29 is 18.7 Å². The molecular weight excluding hydrogens is 371 g/mol. The highest BCUT2D eigenvalue weighted by Gasteiger charge is 2.22. The molecule has 0 bridgehead atoms. The minimum atomic E-state index is -0.543. The Morgan fingerprint density at radius 1 is 1.10 bits per heavy atom. The monoisotopic (exact) mass is 394 g/mol. The van der Waals surface area contributed by atoms with Crippen LogP contribution in [0.25, 0.3) is 10.9 Å². The summed E-state index contributed by atoms with van der Waals surface area (Å²) in [7, 11) is 0. The molecule has 0 spiro atoms. The SMILES string of the molecule is Cc1nc2cc(F)ccc2cc1C(=O)NC(CC(=O)OC(C)C)c1ccccc1. The van der Waals surface area contributed by atoms with Gasteiger partial charge in [-0.1, -0.05) is 30.3 Å². The van der Waals surface area contributed by atoms with Crippen molar-refractivity contribution in [1.29, 1.82) is 0 Å². The lowest BCUT2D eigenvalue weighted by atomic mass is 10.0. The molecule has 1 atom stereocenters. The third-order valence-electron chi connectivity index (χ3n) is 4.46. The first-order valence-electron chi connectivity index (χ1n) is 9.45. The predicted molar refractivity (Wildman–Crippen MR) is 109 cm³/mol. The highest BCUT2D eigenvalue weighted by atomic mass is 19.1. The number of aryl methyl sites for hydroxylation is 1. The normalized spacial score (nSPS) is 12.0. The molecule has 1 heterocycles. The highest BCUT2D eigenvalue weighted by Crippen LogP contribution is 2.21. The second-order valence-electron chi connectivity index (χ2n) is 7.14. The summed E-state index contributed by atoms with van der Waals surface area (Å²) in [5.41, 5.74) is 2.15. The average molecular weight is 394 g/mol. The number of aromatic nitrogens is 1. The van der Waals surface area contributed by atoms with Gasteiger partial charge in [0.05, 0.1) is 35.3 Å². The van der Waals surface area contributed by atoms with Gasteiger partial charge in [0.25, 0.3) is 5.91 Å². The Kier molecular flexibility index (Phi) is 6.22. The molecule has 2 aromatic carbocycles. The fourth-order valence-electron chi connectivity index (χ4n) is 3.12. The molecule has 0 aliphatic rings. The standard InChI is InChI=1S/C23H23FN2O3/c1-14(2)29-22(27)13-21(16-7-5-4-6-8-16)26-23(28)19-11-17-9-10-18(24)12-20(17)25-15(19)3/h4-12,14,21H,13H2,1-3H3,(H,26,28). The van der Waals surface area contributed by atoms with E-state index in [1.165, 1.54) is 12.1 Å². The molecule has 150 valence electrons. The molecule has 3 rings (SSSR count). The number of nitrogens with zero attached hydrogens (tertiary/aromatic N) is 1. The number of rotatable bonds is 6. The van der Waals surface area contributed by atoms with Crippen LogP contribution in [0.2, 0.25) is 0 Å². The van der Waals surface area contributed by atoms with Crippen molar-refractivity contribution in [2.24, 2.45) is 0 Å². The number of fused-ring (bicyclic) bond motifs is 1. The molecular formula is C23H23FN2O3. The van der Waals surface area contributed by atoms with E-state index in [-0.39, 0.29) is 24.2 Å². The average Bonchev–Trinajstić information content (AvgIpc) is 2.66. The van der Waals surface area contributed by atoms with Gasteiger partial charge in [0.15, 0.2) is 0 Å². The Morgan fingerprint density at radius 3 is 2.52 bits per heavy atom. The zero-order chi connectivity index (χ0) is 21.0. The molecule has 0 aliphatic carbocycles. The largest absolute Gasteiger partial charge is 0.463 e. The number of carbonyl (C=O) groups excluding carboxylic acids is 2. The molecule has 1 aromatic heterocycles. The fourth-order valence-corrected chi connectivity index (χ4v) is 3.12. The number of pyridine rings is 1. The third-order valence-corrected chi connectivity index (χ3v) is 4.46. The Morgan fingerprint density at radius 2 is 1.83 bits per heavy atom. The van der Waals surface area contributed by atoms with Crippen LogP contribution < -0.4 is 5.32 Å². The number of carbonyl (C=O) groups is 2. The topological polar surface area (TPSA) is 68.3 Å². The summed E-state index contributed by atoms with van der Waals surface area (Å²) in [6.07, 6.45) is -0.221. The van der Waals surface area contributed by atoms with E-state index >= 15 is 0 Å². The van der Waals surface area contributed by atoms with E-state index in [1.54, 1.807) is 32.9 Å². The first-order chi connectivity index (χ1) is 13.8. The summed E-state index contributed by atoms with van der Waals surface area (Å²) in [5.74, 6) is -1.13. The van der Waals surface area contributed by atoms with Gasteiger partial charge < -0.3 is 10.1 Å². The van der Waals surface area contributed by atoms with E-state index in [2.05, 4.69) is 10.3 Å². The molecule has 0 radical (unpaired) electrons. The Hall–Kier alpha value is -3.28. The Labute approximate surface area is 168 Å². The quantitative estimate of drug-likeness (QED) is 0.625. The zero-order valence-electron chi connectivity index (χ0n) is 16.6. The van der Waals surface area contributed by atoms with Crippen LogP contribution in [0, 0.1) is 12.7 Å². The molecule has 5 nitrogen and oxygen atoms in total. The smallest absolute Gasteiger partial charge is 0.308 e. The van der Waals surface area contributed by atoms with E-state index < -0.39 is 12.0 Å². The number of ether oxygens (including phenoxy) is 1. The lowest BCUT2D eigenvalue weighted by Crippen LogP contribution is -2.31. The number of esters is 1. The molecule has 1 unspecified atom stereocenters. The Balaban J connectivity index is 1.88. The summed E-state index contributed by atoms with van der Waals surface area (Å²) >= 11 is 0. The second kappa shape index (κ2) is 8.82. The van der Waals surface area contributed by atoms with Gasteiger partial charge >= 0.3 is 5.97 Å². The van der Waals surface area contributed by atoms with E-state index in [0.29, 0.717) is 22.2 Å². The van der Waals surface area contributed by atoms with Gasteiger partial charge in [-0.2, -0.15) is 0 Å². The highest BCUT2D eigenvalue weighted by molar-refractivity contribution is 5.99. The second-order valence-corrected chi connectivity index (χ2v) is 7.14. The number of benzene rings is 2. The van der Waals surface area contributed by atoms with Gasteiger partial charge in [0.2, 0.25) is 0 Å². The summed E-state index contributed by atoms with van der Waals surface area (Å²) in [4.78, 5) is 29.5. The summed E-state index contributed by atoms with van der Waals surface area (Å²) in [5, 5.41) is 3.58. The number of halogens is 1. The van der Waals surface area contributed by atoms with Crippen LogP contribution in [0.1, 0.15) is 47.9 Å². The summed E-state index contributed by atoms with van der Waals surface area (Å²) in [6, 6.07) is 14.6. The van der Waals surface area contributed by atoms with Crippen molar-refractivity contribution in [2.45, 2.75) is 39.3 Å². The zero-order valence-corrected chi connectivity index (χ0v) is 16.6. The van der Waals surface area contributed by atoms with E-state index in [0.717, 1.165) is 5.56 Å². The van der Waals surface area contributed by atoms with Crippen molar-refractivity contribution in [3.05, 3.63) is 77.2 Å². The first kappa shape index (κ1) is 20.5. The molecule has 29 heavy (non-hydrogen) atoms. The maximum atomic E-state index is 13.4. The van der Waals surface area contributed by atoms with E-state index in [1.807, 2.05) is 30.3 Å². The number of hydrogen-bond acceptors (Lipinski definition) is 4. The molecule has 0 fully saturated rings. The maximum Gasteiger partial charge on any atom is 0.308 e. The van der Waals surface area contributed by atoms with Crippen LogP contribution in [0.5, 0.6) is 0 Å². The summed E-state index contributed by atoms with van der Waals surface area (Å²) in [6.45, 7) is 5.26. The first-order valence-corrected chi connectivity index (χ1v) is 9.45. The minimum absolute atomic E-state index is 0.0131. The van der Waals surface area contributed by atoms with Gasteiger partial charge in [-0.05, 0) is 44.5 Å².